The summed E-state index contributed by atoms with van der Waals surface area (Å²) < 4.78 is 30.1. The number of hydrogen-bond donors (Lipinski definition) is 2. The fraction of sp³-hybridized carbons (Fsp3) is 0.300. The monoisotopic (exact) mass is 571 g/mol. The maximum Gasteiger partial charge on any atom is 0.170 e. The zero-order valence-corrected chi connectivity index (χ0v) is 22.9. The van der Waals surface area contributed by atoms with E-state index in [9.17, 15) is 13.9 Å². The number of thioether (sulfide) groups is 1. The first-order chi connectivity index (χ1) is 20.0. The van der Waals surface area contributed by atoms with Crippen LogP contribution in [-0.4, -0.2) is 46.9 Å². The fourth-order valence-corrected chi connectivity index (χ4v) is 6.71. The van der Waals surface area contributed by atoms with Crippen molar-refractivity contribution in [1.29, 1.82) is 0 Å². The second-order valence-corrected chi connectivity index (χ2v) is 11.6. The maximum absolute atomic E-state index is 14.1. The number of halogens is 2. The summed E-state index contributed by atoms with van der Waals surface area (Å²) >= 11 is 1.74. The minimum absolute atomic E-state index is 0.0569. The third kappa shape index (κ3) is 5.10. The van der Waals surface area contributed by atoms with Crippen molar-refractivity contribution < 1.29 is 13.9 Å². The molecule has 2 aliphatic rings. The Morgan fingerprint density at radius 2 is 1.73 bits per heavy atom. The Labute approximate surface area is 239 Å². The summed E-state index contributed by atoms with van der Waals surface area (Å²) in [5.74, 6) is 1.82. The van der Waals surface area contributed by atoms with Gasteiger partial charge >= 0.3 is 0 Å². The van der Waals surface area contributed by atoms with E-state index in [1.807, 2.05) is 12.1 Å². The average molecular weight is 572 g/mol. The molecule has 41 heavy (non-hydrogen) atoms. The van der Waals surface area contributed by atoms with Crippen LogP contribution in [0, 0.1) is 17.6 Å². The van der Waals surface area contributed by atoms with Crippen LogP contribution < -0.4 is 5.32 Å². The molecule has 7 rings (SSSR count). The second kappa shape index (κ2) is 10.7. The van der Waals surface area contributed by atoms with E-state index < -0.39 is 11.6 Å². The molecule has 1 fully saturated rings. The van der Waals surface area contributed by atoms with Crippen molar-refractivity contribution in [1.82, 2.24) is 29.5 Å². The molecule has 1 aliphatic carbocycles. The first-order valence-corrected chi connectivity index (χ1v) is 14.7. The molecular formula is C30H27F2N7OS. The molecule has 0 spiro atoms. The standard InChI is InChI=1S/C30H27F2N7OS/c31-21-10-19(12-33-14-21)24-9-18(4-5-25(24)40)6-7-35-28-26-29(38-27(37-28)20-11-22(32)15-34-13-20)39-23(8-17-2-1-3-17)16-41-30(39)36-26/h4-5,9-15,17,23,40H,1-3,6-8,16H2,(H,35,37,38)/t23-/m1/s1. The van der Waals surface area contributed by atoms with Crippen molar-refractivity contribution in [3.05, 3.63) is 72.3 Å². The number of aromatic hydroxyl groups is 1. The molecular weight excluding hydrogens is 544 g/mol. The Hall–Kier alpha value is -4.12. The lowest BCUT2D eigenvalue weighted by Crippen LogP contribution is -2.18. The van der Waals surface area contributed by atoms with Crippen molar-refractivity contribution >= 4 is 28.7 Å². The highest BCUT2D eigenvalue weighted by atomic mass is 32.2. The van der Waals surface area contributed by atoms with Crippen LogP contribution in [0.25, 0.3) is 33.7 Å². The van der Waals surface area contributed by atoms with Gasteiger partial charge in [-0.1, -0.05) is 37.1 Å². The van der Waals surface area contributed by atoms with Crippen molar-refractivity contribution in [3.63, 3.8) is 0 Å². The van der Waals surface area contributed by atoms with Crippen LogP contribution in [0.2, 0.25) is 0 Å². The molecule has 1 atom stereocenters. The molecule has 1 aromatic carbocycles. The van der Waals surface area contributed by atoms with Crippen LogP contribution in [0.3, 0.4) is 0 Å². The van der Waals surface area contributed by atoms with Gasteiger partial charge in [-0.3, -0.25) is 14.5 Å². The van der Waals surface area contributed by atoms with Gasteiger partial charge < -0.3 is 10.4 Å². The number of phenols is 1. The number of rotatable bonds is 8. The Bertz CT molecular complexity index is 1760. The average Bonchev–Trinajstić information content (AvgIpc) is 3.51. The Morgan fingerprint density at radius 3 is 2.49 bits per heavy atom. The predicted molar refractivity (Wildman–Crippen MR) is 154 cm³/mol. The highest BCUT2D eigenvalue weighted by molar-refractivity contribution is 7.99. The summed E-state index contributed by atoms with van der Waals surface area (Å²) in [6.07, 6.45) is 10.9. The number of nitrogens with one attached hydrogen (secondary N) is 1. The molecule has 0 saturated heterocycles. The first-order valence-electron chi connectivity index (χ1n) is 13.7. The molecule has 1 aliphatic heterocycles. The zero-order chi connectivity index (χ0) is 27.9. The fourth-order valence-electron chi connectivity index (χ4n) is 5.56. The summed E-state index contributed by atoms with van der Waals surface area (Å²) in [5.41, 5.74) is 3.90. The number of pyridine rings is 2. The molecule has 0 unspecified atom stereocenters. The van der Waals surface area contributed by atoms with Gasteiger partial charge in [0.2, 0.25) is 0 Å². The summed E-state index contributed by atoms with van der Waals surface area (Å²) in [6, 6.07) is 8.32. The van der Waals surface area contributed by atoms with Crippen LogP contribution in [0.15, 0.2) is 60.3 Å². The summed E-state index contributed by atoms with van der Waals surface area (Å²) in [6.45, 7) is 0.513. The third-order valence-electron chi connectivity index (χ3n) is 7.85. The van der Waals surface area contributed by atoms with Gasteiger partial charge in [-0.25, -0.2) is 23.7 Å². The number of phenolic OH excluding ortho intramolecular Hbond substituents is 1. The van der Waals surface area contributed by atoms with Gasteiger partial charge in [0, 0.05) is 47.4 Å². The number of anilines is 1. The van der Waals surface area contributed by atoms with Gasteiger partial charge in [-0.05, 0) is 48.6 Å². The highest BCUT2D eigenvalue weighted by Crippen LogP contribution is 2.44. The van der Waals surface area contributed by atoms with E-state index in [1.54, 1.807) is 24.0 Å². The van der Waals surface area contributed by atoms with Gasteiger partial charge in [0.05, 0.1) is 12.4 Å². The first kappa shape index (κ1) is 25.8. The minimum atomic E-state index is -0.467. The van der Waals surface area contributed by atoms with Gasteiger partial charge in [0.25, 0.3) is 0 Å². The molecule has 0 radical (unpaired) electrons. The molecule has 208 valence electrons. The van der Waals surface area contributed by atoms with E-state index in [1.165, 1.54) is 37.6 Å². The molecule has 2 N–H and O–H groups in total. The largest absolute Gasteiger partial charge is 0.507 e. The van der Waals surface area contributed by atoms with E-state index in [2.05, 4.69) is 19.9 Å². The lowest BCUT2D eigenvalue weighted by Gasteiger charge is -2.28. The Morgan fingerprint density at radius 1 is 0.951 bits per heavy atom. The molecule has 0 amide bonds. The number of imidazole rings is 1. The van der Waals surface area contributed by atoms with Gasteiger partial charge in [-0.15, -0.1) is 0 Å². The normalized spacial score (nSPS) is 16.6. The summed E-state index contributed by atoms with van der Waals surface area (Å²) in [5, 5.41) is 14.7. The quantitative estimate of drug-likeness (QED) is 0.220. The lowest BCUT2D eigenvalue weighted by atomic mass is 9.81. The zero-order valence-electron chi connectivity index (χ0n) is 22.1. The van der Waals surface area contributed by atoms with E-state index in [-0.39, 0.29) is 5.75 Å². The summed E-state index contributed by atoms with van der Waals surface area (Å²) in [7, 11) is 0. The number of aromatic nitrogens is 6. The number of hydrogen-bond acceptors (Lipinski definition) is 8. The molecule has 4 aromatic heterocycles. The van der Waals surface area contributed by atoms with E-state index >= 15 is 0 Å². The molecule has 5 aromatic rings. The molecule has 8 nitrogen and oxygen atoms in total. The molecule has 5 heterocycles. The maximum atomic E-state index is 14.1. The Kier molecular flexibility index (Phi) is 6.74. The number of fused-ring (bicyclic) bond motifs is 3. The van der Waals surface area contributed by atoms with Crippen LogP contribution in [-0.2, 0) is 6.42 Å². The van der Waals surface area contributed by atoms with Crippen LogP contribution in [0.4, 0.5) is 14.6 Å². The SMILES string of the molecule is Oc1ccc(CCNc2nc(-c3cncc(F)c3)nc3c2nc2n3[C@H](CC3CCC3)CS2)cc1-c1cncc(F)c1. The van der Waals surface area contributed by atoms with E-state index in [0.717, 1.165) is 46.9 Å². The molecule has 11 heteroatoms. The van der Waals surface area contributed by atoms with Crippen LogP contribution >= 0.6 is 11.8 Å². The second-order valence-electron chi connectivity index (χ2n) is 10.6. The predicted octanol–water partition coefficient (Wildman–Crippen LogP) is 6.43. The van der Waals surface area contributed by atoms with E-state index in [0.29, 0.717) is 52.9 Å². The summed E-state index contributed by atoms with van der Waals surface area (Å²) in [4.78, 5) is 22.4. The van der Waals surface area contributed by atoms with Gasteiger partial charge in [0.15, 0.2) is 28.0 Å². The third-order valence-corrected chi connectivity index (χ3v) is 8.95. The van der Waals surface area contributed by atoms with Crippen molar-refractivity contribution in [2.75, 3.05) is 17.6 Å². The van der Waals surface area contributed by atoms with Crippen molar-refractivity contribution in [2.45, 2.75) is 43.3 Å². The van der Waals surface area contributed by atoms with Crippen LogP contribution in [0.5, 0.6) is 5.75 Å². The lowest BCUT2D eigenvalue weighted by molar-refractivity contribution is 0.259. The highest BCUT2D eigenvalue weighted by Gasteiger charge is 2.32. The molecule has 1 saturated carbocycles. The van der Waals surface area contributed by atoms with Gasteiger partial charge in [-0.2, -0.15) is 0 Å². The van der Waals surface area contributed by atoms with Crippen molar-refractivity contribution in [2.24, 2.45) is 5.92 Å². The molecule has 0 bridgehead atoms. The van der Waals surface area contributed by atoms with Crippen molar-refractivity contribution in [3.8, 4) is 28.3 Å². The van der Waals surface area contributed by atoms with Gasteiger partial charge in [0.1, 0.15) is 17.4 Å². The number of benzene rings is 1. The topological polar surface area (TPSA) is 102 Å². The van der Waals surface area contributed by atoms with E-state index in [4.69, 9.17) is 15.0 Å². The Balaban J connectivity index is 1.20. The number of nitrogens with zero attached hydrogens (tertiary/aromatic N) is 6. The van der Waals surface area contributed by atoms with Crippen LogP contribution in [0.1, 0.15) is 37.3 Å². The smallest absolute Gasteiger partial charge is 0.170 e. The minimum Gasteiger partial charge on any atom is -0.507 e.